The van der Waals surface area contributed by atoms with Crippen molar-refractivity contribution >= 4 is 26.5 Å². The summed E-state index contributed by atoms with van der Waals surface area (Å²) in [6.07, 6.45) is 1.88. The van der Waals surface area contributed by atoms with Crippen molar-refractivity contribution in [2.75, 3.05) is 6.61 Å². The van der Waals surface area contributed by atoms with E-state index in [1.165, 1.54) is 71.6 Å². The van der Waals surface area contributed by atoms with E-state index in [9.17, 15) is 0 Å². The lowest BCUT2D eigenvalue weighted by molar-refractivity contribution is 0.368. The first-order valence-corrected chi connectivity index (χ1v) is 22.8. The van der Waals surface area contributed by atoms with Gasteiger partial charge in [0.05, 0.1) is 16.1 Å². The Balaban J connectivity index is 1.63. The summed E-state index contributed by atoms with van der Waals surface area (Å²) in [6, 6.07) is 36.8. The highest BCUT2D eigenvalue weighted by molar-refractivity contribution is 6.94. The molecule has 0 aromatic heterocycles. The van der Waals surface area contributed by atoms with Crippen LogP contribution in [0, 0.1) is 20.8 Å². The minimum Gasteiger partial charge on any atom is -0.490 e. The average molecular weight is 623 g/mol. The van der Waals surface area contributed by atoms with Gasteiger partial charge in [-0.15, -0.1) is 0 Å². The van der Waals surface area contributed by atoms with Gasteiger partial charge in [-0.25, -0.2) is 0 Å². The van der Waals surface area contributed by atoms with Gasteiger partial charge in [0, 0.05) is 5.54 Å². The van der Waals surface area contributed by atoms with Crippen LogP contribution in [0.5, 0.6) is 5.75 Å². The van der Waals surface area contributed by atoms with Gasteiger partial charge in [0.25, 0.3) is 0 Å². The van der Waals surface area contributed by atoms with Crippen LogP contribution in [-0.4, -0.2) is 22.8 Å². The normalized spacial score (nSPS) is 13.0. The molecule has 1 aliphatic rings. The third-order valence-corrected chi connectivity index (χ3v) is 15.5. The zero-order valence-corrected chi connectivity index (χ0v) is 30.2. The van der Waals surface area contributed by atoms with Crippen molar-refractivity contribution in [1.29, 1.82) is 0 Å². The van der Waals surface area contributed by atoms with Crippen molar-refractivity contribution in [2.24, 2.45) is 0 Å². The number of hydrogen-bond donors (Lipinski definition) is 0. The number of ether oxygens (including phenoxy) is 1. The summed E-state index contributed by atoms with van der Waals surface area (Å²) in [5.74, 6) is 1.12. The van der Waals surface area contributed by atoms with E-state index in [1.54, 1.807) is 0 Å². The molecule has 0 amide bonds. The van der Waals surface area contributed by atoms with Crippen LogP contribution in [0.4, 0.5) is 0 Å². The molecule has 0 saturated carbocycles. The molecule has 1 aliphatic carbocycles. The van der Waals surface area contributed by atoms with Crippen LogP contribution in [0.3, 0.4) is 0 Å². The van der Waals surface area contributed by atoms with Gasteiger partial charge in [0.1, 0.15) is 12.4 Å². The first kappa shape index (κ1) is 31.1. The Morgan fingerprint density at radius 1 is 0.622 bits per heavy atom. The molecule has 228 valence electrons. The maximum atomic E-state index is 6.69. The fraction of sp³-hybridized carbons (Fsp3) is 0.238. The van der Waals surface area contributed by atoms with Crippen molar-refractivity contribution in [3.05, 3.63) is 138 Å². The van der Waals surface area contributed by atoms with Gasteiger partial charge in [0.15, 0.2) is 0 Å². The van der Waals surface area contributed by atoms with E-state index in [4.69, 9.17) is 4.74 Å². The van der Waals surface area contributed by atoms with Gasteiger partial charge in [-0.3, -0.25) is 0 Å². The Morgan fingerprint density at radius 3 is 1.58 bits per heavy atom. The molecule has 0 heterocycles. The third-order valence-electron chi connectivity index (χ3n) is 9.73. The molecule has 1 nitrogen and oxygen atoms in total. The Morgan fingerprint density at radius 2 is 1.11 bits per heavy atom. The number of aryl methyl sites for hydroxylation is 3. The Hall–Kier alpha value is -3.93. The first-order chi connectivity index (χ1) is 21.4. The van der Waals surface area contributed by atoms with Gasteiger partial charge >= 0.3 is 0 Å². The summed E-state index contributed by atoms with van der Waals surface area (Å²) in [5.41, 5.74) is 15.1. The highest BCUT2D eigenvalue weighted by Gasteiger charge is 2.45. The Kier molecular flexibility index (Phi) is 8.13. The van der Waals surface area contributed by atoms with Crippen molar-refractivity contribution in [3.63, 3.8) is 0 Å². The van der Waals surface area contributed by atoms with Gasteiger partial charge < -0.3 is 4.74 Å². The van der Waals surface area contributed by atoms with E-state index in [0.717, 1.165) is 5.75 Å². The monoisotopic (exact) mass is 622 g/mol. The second-order valence-corrected chi connectivity index (χ2v) is 24.0. The van der Waals surface area contributed by atoms with Gasteiger partial charge in [0.2, 0.25) is 0 Å². The van der Waals surface area contributed by atoms with Crippen LogP contribution in [-0.2, 0) is 0 Å². The Bertz CT molecular complexity index is 1830. The van der Waals surface area contributed by atoms with Gasteiger partial charge in [-0.2, -0.15) is 0 Å². The molecule has 0 spiro atoms. The molecule has 0 aliphatic heterocycles. The molecule has 5 aromatic carbocycles. The molecular weight excluding hydrogens is 577 g/mol. The summed E-state index contributed by atoms with van der Waals surface area (Å²) < 4.78 is 6.69. The van der Waals surface area contributed by atoms with Crippen molar-refractivity contribution in [2.45, 2.75) is 59.0 Å². The highest BCUT2D eigenvalue weighted by atomic mass is 28.3. The topological polar surface area (TPSA) is 9.23 Å². The van der Waals surface area contributed by atoms with Crippen LogP contribution in [0.2, 0.25) is 32.7 Å². The molecule has 0 unspecified atom stereocenters. The lowest BCUT2D eigenvalue weighted by Crippen LogP contribution is -2.52. The first-order valence-electron chi connectivity index (χ1n) is 16.2. The van der Waals surface area contributed by atoms with Crippen LogP contribution in [0.15, 0.2) is 110 Å². The number of benzene rings is 5. The van der Waals surface area contributed by atoms with E-state index in [-0.39, 0.29) is 5.54 Å². The molecule has 45 heavy (non-hydrogen) atoms. The van der Waals surface area contributed by atoms with Crippen LogP contribution in [0.25, 0.3) is 33.4 Å². The lowest BCUT2D eigenvalue weighted by Gasteiger charge is -2.36. The summed E-state index contributed by atoms with van der Waals surface area (Å²) in [6.45, 7) is 23.7. The van der Waals surface area contributed by atoms with Gasteiger partial charge in [-0.1, -0.05) is 148 Å². The Labute approximate surface area is 272 Å². The molecule has 6 rings (SSSR count). The van der Waals surface area contributed by atoms with Crippen LogP contribution >= 0.6 is 0 Å². The lowest BCUT2D eigenvalue weighted by atomic mass is 9.95. The molecule has 0 radical (unpaired) electrons. The van der Waals surface area contributed by atoms with E-state index in [1.807, 2.05) is 6.08 Å². The second kappa shape index (κ2) is 11.8. The minimum absolute atomic E-state index is 0.276. The molecule has 0 bridgehead atoms. The van der Waals surface area contributed by atoms with E-state index in [2.05, 4.69) is 157 Å². The zero-order valence-electron chi connectivity index (χ0n) is 28.2. The number of rotatable bonds is 8. The smallest absolute Gasteiger partial charge is 0.118 e. The molecule has 0 atom stereocenters. The highest BCUT2D eigenvalue weighted by Crippen LogP contribution is 2.51. The van der Waals surface area contributed by atoms with Crippen molar-refractivity contribution in [1.82, 2.24) is 0 Å². The zero-order chi connectivity index (χ0) is 32.1. The third kappa shape index (κ3) is 5.58. The quantitative estimate of drug-likeness (QED) is 0.124. The maximum absolute atomic E-state index is 6.69. The molecule has 0 N–H and O–H groups in total. The average Bonchev–Trinajstić information content (AvgIpc) is 3.33. The molecule has 3 heteroatoms. The van der Waals surface area contributed by atoms with Crippen molar-refractivity contribution < 1.29 is 4.74 Å². The van der Waals surface area contributed by atoms with Crippen molar-refractivity contribution in [3.8, 4) is 39.1 Å². The van der Waals surface area contributed by atoms with Crippen LogP contribution in [0.1, 0.15) is 33.4 Å². The largest absolute Gasteiger partial charge is 0.490 e. The van der Waals surface area contributed by atoms with Gasteiger partial charge in [-0.05, 0) is 86.8 Å². The van der Waals surface area contributed by atoms with E-state index >= 15 is 0 Å². The summed E-state index contributed by atoms with van der Waals surface area (Å²) >= 11 is 0. The SMILES string of the molecule is C=CCOc1c([Si](C)(C)C)cc(C)cc1[Si](C)(C)C1c2cc(-c3ccccc3C)ccc2-c2ccc(-c3ccccc3C)cc21. The summed E-state index contributed by atoms with van der Waals surface area (Å²) in [4.78, 5) is 0. The van der Waals surface area contributed by atoms with E-state index in [0.29, 0.717) is 6.61 Å². The summed E-state index contributed by atoms with van der Waals surface area (Å²) in [5, 5.41) is 2.84. The molecule has 0 fully saturated rings. The summed E-state index contributed by atoms with van der Waals surface area (Å²) in [7, 11) is -4.01. The number of fused-ring (bicyclic) bond motifs is 3. The predicted molar refractivity (Wildman–Crippen MR) is 201 cm³/mol. The van der Waals surface area contributed by atoms with Crippen LogP contribution < -0.4 is 15.1 Å². The number of hydrogen-bond acceptors (Lipinski definition) is 1. The predicted octanol–water partition coefficient (Wildman–Crippen LogP) is 10.3. The molecular formula is C42H46OSi2. The molecule has 0 saturated heterocycles. The standard InChI is InChI=1S/C42H46OSi2/c1-10-23-43-41-39(44(5,6)7)24-28(2)25-40(41)45(8,9)42-37-26-31(33-17-13-11-15-29(33)3)19-21-35(37)36-22-20-32(27-38(36)42)34-18-14-12-16-30(34)4/h10-22,24-27,42H,1,23H2,2-9H3. The fourth-order valence-electron chi connectivity index (χ4n) is 7.43. The fourth-order valence-corrected chi connectivity index (χ4v) is 12.8. The second-order valence-electron chi connectivity index (χ2n) is 14.4. The maximum Gasteiger partial charge on any atom is 0.118 e. The van der Waals surface area contributed by atoms with E-state index < -0.39 is 16.1 Å². The molecule has 5 aromatic rings. The minimum atomic E-state index is -2.30.